The van der Waals surface area contributed by atoms with E-state index in [1.165, 1.54) is 18.2 Å². The smallest absolute Gasteiger partial charge is 0.292 e. The van der Waals surface area contributed by atoms with E-state index in [-0.39, 0.29) is 12.3 Å². The van der Waals surface area contributed by atoms with E-state index in [2.05, 4.69) is 5.32 Å². The zero-order valence-corrected chi connectivity index (χ0v) is 11.0. The highest BCUT2D eigenvalue weighted by atomic mass is 16.6. The normalized spacial score (nSPS) is 13.4. The molecule has 19 heavy (non-hydrogen) atoms. The topological polar surface area (TPSA) is 99.2 Å². The van der Waals surface area contributed by atoms with Gasteiger partial charge in [-0.15, -0.1) is 0 Å². The predicted molar refractivity (Wildman–Crippen MR) is 71.8 cm³/mol. The van der Waals surface area contributed by atoms with Crippen LogP contribution in [0, 0.1) is 21.4 Å². The summed E-state index contributed by atoms with van der Waals surface area (Å²) in [5, 5.41) is 32.0. The standard InChI is InChI=1S/C13H17N3O3/c1-3-13(2,6-7-17)15-11-8-10(9-14)4-5-12(11)16(18)19/h4-5,8,15,17H,3,6-7H2,1-2H3. The number of anilines is 1. The summed E-state index contributed by atoms with van der Waals surface area (Å²) in [6.07, 6.45) is 1.17. The van der Waals surface area contributed by atoms with Crippen molar-refractivity contribution in [3.8, 4) is 6.07 Å². The van der Waals surface area contributed by atoms with Crippen LogP contribution in [0.2, 0.25) is 0 Å². The predicted octanol–water partition coefficient (Wildman–Crippen LogP) is 2.43. The average Bonchev–Trinajstić information content (AvgIpc) is 2.38. The Hall–Kier alpha value is -2.13. The first-order valence-electron chi connectivity index (χ1n) is 6.03. The van der Waals surface area contributed by atoms with Crippen molar-refractivity contribution in [2.24, 2.45) is 0 Å². The summed E-state index contributed by atoms with van der Waals surface area (Å²) in [6.45, 7) is 3.80. The molecule has 0 heterocycles. The van der Waals surface area contributed by atoms with E-state index in [1.54, 1.807) is 0 Å². The van der Waals surface area contributed by atoms with E-state index in [4.69, 9.17) is 10.4 Å². The molecule has 0 aliphatic carbocycles. The van der Waals surface area contributed by atoms with Gasteiger partial charge in [-0.1, -0.05) is 6.92 Å². The van der Waals surface area contributed by atoms with Crippen LogP contribution in [0.1, 0.15) is 32.3 Å². The fourth-order valence-electron chi connectivity index (χ4n) is 1.76. The van der Waals surface area contributed by atoms with Crippen molar-refractivity contribution in [1.82, 2.24) is 0 Å². The second-order valence-electron chi connectivity index (χ2n) is 4.61. The number of nitrogens with zero attached hydrogens (tertiary/aromatic N) is 2. The van der Waals surface area contributed by atoms with E-state index >= 15 is 0 Å². The van der Waals surface area contributed by atoms with Crippen molar-refractivity contribution in [1.29, 1.82) is 5.26 Å². The van der Waals surface area contributed by atoms with Crippen molar-refractivity contribution < 1.29 is 10.0 Å². The Bertz CT molecular complexity index is 510. The van der Waals surface area contributed by atoms with Gasteiger partial charge in [0.2, 0.25) is 0 Å². The molecule has 0 bridgehead atoms. The van der Waals surface area contributed by atoms with Gasteiger partial charge >= 0.3 is 0 Å². The van der Waals surface area contributed by atoms with E-state index < -0.39 is 10.5 Å². The molecule has 6 nitrogen and oxygen atoms in total. The molecule has 0 radical (unpaired) electrons. The first-order chi connectivity index (χ1) is 8.95. The lowest BCUT2D eigenvalue weighted by molar-refractivity contribution is -0.384. The van der Waals surface area contributed by atoms with Gasteiger partial charge in [-0.3, -0.25) is 10.1 Å². The molecule has 0 amide bonds. The largest absolute Gasteiger partial charge is 0.396 e. The minimum absolute atomic E-state index is 0.0108. The van der Waals surface area contributed by atoms with E-state index in [1.807, 2.05) is 19.9 Å². The van der Waals surface area contributed by atoms with E-state index in [9.17, 15) is 10.1 Å². The van der Waals surface area contributed by atoms with E-state index in [0.717, 1.165) is 0 Å². The second kappa shape index (κ2) is 6.16. The molecule has 0 saturated heterocycles. The third-order valence-corrected chi connectivity index (χ3v) is 3.20. The minimum atomic E-state index is -0.488. The number of hydrogen-bond acceptors (Lipinski definition) is 5. The molecule has 6 heteroatoms. The minimum Gasteiger partial charge on any atom is -0.396 e. The molecular formula is C13H17N3O3. The number of nitrogens with one attached hydrogen (secondary N) is 1. The van der Waals surface area contributed by atoms with Gasteiger partial charge in [-0.2, -0.15) is 5.26 Å². The Kier molecular flexibility index (Phi) is 4.84. The molecule has 0 aliphatic heterocycles. The number of aliphatic hydroxyl groups is 1. The highest BCUT2D eigenvalue weighted by Crippen LogP contribution is 2.30. The van der Waals surface area contributed by atoms with Crippen LogP contribution in [0.5, 0.6) is 0 Å². The summed E-state index contributed by atoms with van der Waals surface area (Å²) in [5.74, 6) is 0. The number of nitro groups is 1. The summed E-state index contributed by atoms with van der Waals surface area (Å²) in [6, 6.07) is 6.15. The number of hydrogen-bond donors (Lipinski definition) is 2. The molecule has 0 spiro atoms. The molecule has 0 aliphatic rings. The van der Waals surface area contributed by atoms with Gasteiger partial charge in [0.05, 0.1) is 16.6 Å². The maximum Gasteiger partial charge on any atom is 0.292 e. The molecule has 1 unspecified atom stereocenters. The van der Waals surface area contributed by atoms with Crippen LogP contribution in [0.4, 0.5) is 11.4 Å². The van der Waals surface area contributed by atoms with Crippen LogP contribution in [0.3, 0.4) is 0 Å². The summed E-state index contributed by atoms with van der Waals surface area (Å²) in [7, 11) is 0. The van der Waals surface area contributed by atoms with E-state index in [0.29, 0.717) is 24.1 Å². The van der Waals surface area contributed by atoms with Gasteiger partial charge in [-0.25, -0.2) is 0 Å². The molecule has 0 saturated carbocycles. The van der Waals surface area contributed by atoms with Gasteiger partial charge in [0.25, 0.3) is 5.69 Å². The molecular weight excluding hydrogens is 246 g/mol. The summed E-state index contributed by atoms with van der Waals surface area (Å²) < 4.78 is 0. The van der Waals surface area contributed by atoms with Crippen LogP contribution in [0.25, 0.3) is 0 Å². The van der Waals surface area contributed by atoms with Gasteiger partial charge in [0.15, 0.2) is 0 Å². The Morgan fingerprint density at radius 3 is 2.74 bits per heavy atom. The lowest BCUT2D eigenvalue weighted by Crippen LogP contribution is -2.35. The van der Waals surface area contributed by atoms with Crippen molar-refractivity contribution in [3.05, 3.63) is 33.9 Å². The fourth-order valence-corrected chi connectivity index (χ4v) is 1.76. The van der Waals surface area contributed by atoms with Gasteiger partial charge in [0.1, 0.15) is 5.69 Å². The van der Waals surface area contributed by atoms with Crippen LogP contribution in [-0.2, 0) is 0 Å². The number of nitriles is 1. The summed E-state index contributed by atoms with van der Waals surface area (Å²) in [4.78, 5) is 10.5. The highest BCUT2D eigenvalue weighted by molar-refractivity contribution is 5.65. The zero-order chi connectivity index (χ0) is 14.5. The molecule has 0 fully saturated rings. The van der Waals surface area contributed by atoms with Crippen molar-refractivity contribution >= 4 is 11.4 Å². The molecule has 1 rings (SSSR count). The van der Waals surface area contributed by atoms with Crippen LogP contribution in [0.15, 0.2) is 18.2 Å². The number of benzene rings is 1. The Labute approximate surface area is 111 Å². The Morgan fingerprint density at radius 1 is 1.58 bits per heavy atom. The van der Waals surface area contributed by atoms with Crippen molar-refractivity contribution in [2.75, 3.05) is 11.9 Å². The highest BCUT2D eigenvalue weighted by Gasteiger charge is 2.25. The monoisotopic (exact) mass is 263 g/mol. The zero-order valence-electron chi connectivity index (χ0n) is 11.0. The maximum atomic E-state index is 11.0. The molecule has 0 aromatic heterocycles. The molecule has 102 valence electrons. The molecule has 1 aromatic rings. The van der Waals surface area contributed by atoms with Gasteiger partial charge in [0, 0.05) is 18.2 Å². The number of nitro benzene ring substituents is 1. The SMILES string of the molecule is CCC(C)(CCO)Nc1cc(C#N)ccc1[N+](=O)[O-]. The first kappa shape index (κ1) is 14.9. The van der Waals surface area contributed by atoms with Crippen LogP contribution >= 0.6 is 0 Å². The summed E-state index contributed by atoms with van der Waals surface area (Å²) in [5.41, 5.74) is 0.141. The Balaban J connectivity index is 3.17. The average molecular weight is 263 g/mol. The van der Waals surface area contributed by atoms with Crippen molar-refractivity contribution in [3.63, 3.8) is 0 Å². The van der Waals surface area contributed by atoms with Crippen LogP contribution in [-0.4, -0.2) is 22.2 Å². The van der Waals surface area contributed by atoms with Crippen molar-refractivity contribution in [2.45, 2.75) is 32.2 Å². The van der Waals surface area contributed by atoms with Crippen LogP contribution < -0.4 is 5.32 Å². The Morgan fingerprint density at radius 2 is 2.26 bits per heavy atom. The maximum absolute atomic E-state index is 11.0. The first-order valence-corrected chi connectivity index (χ1v) is 6.03. The lowest BCUT2D eigenvalue weighted by Gasteiger charge is -2.30. The lowest BCUT2D eigenvalue weighted by atomic mass is 9.94. The molecule has 2 N–H and O–H groups in total. The summed E-state index contributed by atoms with van der Waals surface area (Å²) >= 11 is 0. The molecule has 1 atom stereocenters. The number of rotatable bonds is 6. The third-order valence-electron chi connectivity index (χ3n) is 3.20. The van der Waals surface area contributed by atoms with Gasteiger partial charge in [-0.05, 0) is 31.9 Å². The molecule has 1 aromatic carbocycles. The third kappa shape index (κ3) is 3.66. The number of aliphatic hydroxyl groups excluding tert-OH is 1. The van der Waals surface area contributed by atoms with Gasteiger partial charge < -0.3 is 10.4 Å². The second-order valence-corrected chi connectivity index (χ2v) is 4.61. The fraction of sp³-hybridized carbons (Fsp3) is 0.462. The quantitative estimate of drug-likeness (QED) is 0.606.